The first-order valence-electron chi connectivity index (χ1n) is 2.43. The molecule has 0 aromatic carbocycles. The minimum atomic E-state index is 1.13. The summed E-state index contributed by atoms with van der Waals surface area (Å²) in [5.74, 6) is 1.13. The van der Waals surface area contributed by atoms with Crippen LogP contribution >= 0.6 is 12.0 Å². The molecule has 0 radical (unpaired) electrons. The van der Waals surface area contributed by atoms with Crippen LogP contribution in [0, 0.1) is 0 Å². The number of hydrogen-bond donors (Lipinski definition) is 0. The Labute approximate surface area is 47.9 Å². The fraction of sp³-hybridized carbons (Fsp3) is 0.600. The van der Waals surface area contributed by atoms with Gasteiger partial charge in [0.25, 0.3) is 0 Å². The van der Waals surface area contributed by atoms with Gasteiger partial charge >= 0.3 is 0 Å². The molecule has 40 valence electrons. The Morgan fingerprint density at radius 2 is 2.57 bits per heavy atom. The van der Waals surface area contributed by atoms with Gasteiger partial charge < -0.3 is 4.18 Å². The van der Waals surface area contributed by atoms with Crippen LogP contribution in [0.15, 0.2) is 12.3 Å². The summed E-state index contributed by atoms with van der Waals surface area (Å²) in [5, 5.41) is 0. The zero-order valence-electron chi connectivity index (χ0n) is 4.09. The fourth-order valence-corrected chi connectivity index (χ4v) is 0.993. The molecule has 0 saturated heterocycles. The minimum absolute atomic E-state index is 1.13. The fourth-order valence-electron chi connectivity index (χ4n) is 0.455. The highest BCUT2D eigenvalue weighted by atomic mass is 32.2. The Hall–Kier alpha value is -0.110. The average Bonchev–Trinajstić information content (AvgIpc) is 1.90. The minimum Gasteiger partial charge on any atom is -0.434 e. The molecule has 0 amide bonds. The summed E-state index contributed by atoms with van der Waals surface area (Å²) >= 11 is 1.53. The van der Waals surface area contributed by atoms with Crippen molar-refractivity contribution < 1.29 is 4.18 Å². The SMILES string of the molecule is C1=COSCCC1. The molecule has 1 aliphatic heterocycles. The molecule has 0 atom stereocenters. The first-order chi connectivity index (χ1) is 3.50. The molecule has 0 N–H and O–H groups in total. The van der Waals surface area contributed by atoms with Crippen LogP contribution < -0.4 is 0 Å². The topological polar surface area (TPSA) is 9.23 Å². The summed E-state index contributed by atoms with van der Waals surface area (Å²) in [7, 11) is 0. The summed E-state index contributed by atoms with van der Waals surface area (Å²) in [6, 6.07) is 0. The first kappa shape index (κ1) is 5.04. The first-order valence-corrected chi connectivity index (χ1v) is 3.34. The van der Waals surface area contributed by atoms with E-state index in [0.717, 1.165) is 5.75 Å². The molecular weight excluding hydrogens is 108 g/mol. The third-order valence-corrected chi connectivity index (χ3v) is 1.52. The lowest BCUT2D eigenvalue weighted by Gasteiger charge is -1.88. The van der Waals surface area contributed by atoms with Crippen molar-refractivity contribution in [3.8, 4) is 0 Å². The van der Waals surface area contributed by atoms with Gasteiger partial charge in [0.2, 0.25) is 0 Å². The Morgan fingerprint density at radius 1 is 1.57 bits per heavy atom. The molecule has 0 aromatic heterocycles. The molecule has 0 spiro atoms. The Morgan fingerprint density at radius 3 is 3.57 bits per heavy atom. The summed E-state index contributed by atoms with van der Waals surface area (Å²) < 4.78 is 4.93. The van der Waals surface area contributed by atoms with Crippen molar-refractivity contribution in [3.05, 3.63) is 12.3 Å². The zero-order valence-corrected chi connectivity index (χ0v) is 4.91. The van der Waals surface area contributed by atoms with E-state index in [1.807, 2.05) is 0 Å². The van der Waals surface area contributed by atoms with Crippen molar-refractivity contribution in [3.63, 3.8) is 0 Å². The second-order valence-corrected chi connectivity index (χ2v) is 2.27. The molecule has 0 unspecified atom stereocenters. The van der Waals surface area contributed by atoms with E-state index in [1.165, 1.54) is 24.9 Å². The van der Waals surface area contributed by atoms with Crippen LogP contribution in [0.25, 0.3) is 0 Å². The highest BCUT2D eigenvalue weighted by Crippen LogP contribution is 2.10. The zero-order chi connectivity index (χ0) is 4.95. The summed E-state index contributed by atoms with van der Waals surface area (Å²) in [6.45, 7) is 0. The number of hydrogen-bond acceptors (Lipinski definition) is 2. The van der Waals surface area contributed by atoms with Crippen molar-refractivity contribution in [2.24, 2.45) is 0 Å². The van der Waals surface area contributed by atoms with Crippen LogP contribution in [0.4, 0.5) is 0 Å². The van der Waals surface area contributed by atoms with E-state index in [2.05, 4.69) is 6.08 Å². The van der Waals surface area contributed by atoms with Crippen LogP contribution in [0.3, 0.4) is 0 Å². The molecular formula is C5H8OS. The maximum absolute atomic E-state index is 4.93. The van der Waals surface area contributed by atoms with Crippen LogP contribution in [-0.4, -0.2) is 5.75 Å². The second kappa shape index (κ2) is 2.97. The van der Waals surface area contributed by atoms with Gasteiger partial charge in [0, 0.05) is 5.75 Å². The summed E-state index contributed by atoms with van der Waals surface area (Å²) in [6.07, 6.45) is 6.24. The van der Waals surface area contributed by atoms with Crippen LogP contribution in [-0.2, 0) is 4.18 Å². The van der Waals surface area contributed by atoms with Crippen molar-refractivity contribution in [2.75, 3.05) is 5.75 Å². The average molecular weight is 116 g/mol. The quantitative estimate of drug-likeness (QED) is 0.447. The van der Waals surface area contributed by atoms with Crippen molar-refractivity contribution in [1.82, 2.24) is 0 Å². The molecule has 1 aliphatic rings. The lowest BCUT2D eigenvalue weighted by molar-refractivity contribution is 0.568. The molecule has 2 heteroatoms. The van der Waals surface area contributed by atoms with Gasteiger partial charge in [0.05, 0.1) is 18.3 Å². The molecule has 1 heterocycles. The second-order valence-electron chi connectivity index (χ2n) is 1.43. The van der Waals surface area contributed by atoms with E-state index in [-0.39, 0.29) is 0 Å². The summed E-state index contributed by atoms with van der Waals surface area (Å²) in [5.41, 5.74) is 0. The Balaban J connectivity index is 2.20. The van der Waals surface area contributed by atoms with Gasteiger partial charge in [-0.3, -0.25) is 0 Å². The van der Waals surface area contributed by atoms with Crippen LogP contribution in [0.1, 0.15) is 12.8 Å². The lowest BCUT2D eigenvalue weighted by Crippen LogP contribution is -1.71. The Kier molecular flexibility index (Phi) is 2.13. The van der Waals surface area contributed by atoms with Gasteiger partial charge in [0.15, 0.2) is 0 Å². The molecule has 1 nitrogen and oxygen atoms in total. The molecule has 0 aliphatic carbocycles. The van der Waals surface area contributed by atoms with Gasteiger partial charge in [-0.2, -0.15) is 0 Å². The number of rotatable bonds is 0. The van der Waals surface area contributed by atoms with E-state index in [9.17, 15) is 0 Å². The summed E-state index contributed by atoms with van der Waals surface area (Å²) in [4.78, 5) is 0. The van der Waals surface area contributed by atoms with Crippen LogP contribution in [0.2, 0.25) is 0 Å². The van der Waals surface area contributed by atoms with E-state index < -0.39 is 0 Å². The van der Waals surface area contributed by atoms with Gasteiger partial charge in [-0.15, -0.1) is 0 Å². The predicted molar refractivity (Wildman–Crippen MR) is 31.9 cm³/mol. The van der Waals surface area contributed by atoms with E-state index in [1.54, 1.807) is 6.26 Å². The predicted octanol–water partition coefficient (Wildman–Crippen LogP) is 1.96. The third kappa shape index (κ3) is 1.88. The smallest absolute Gasteiger partial charge is 0.0970 e. The Bertz CT molecular complexity index is 62.5. The van der Waals surface area contributed by atoms with Crippen molar-refractivity contribution in [2.45, 2.75) is 12.8 Å². The molecule has 0 bridgehead atoms. The van der Waals surface area contributed by atoms with Crippen LogP contribution in [0.5, 0.6) is 0 Å². The van der Waals surface area contributed by atoms with Gasteiger partial charge in [0.1, 0.15) is 0 Å². The molecule has 0 saturated carbocycles. The third-order valence-electron chi connectivity index (χ3n) is 0.818. The maximum Gasteiger partial charge on any atom is 0.0970 e. The van der Waals surface area contributed by atoms with Gasteiger partial charge in [-0.25, -0.2) is 0 Å². The number of allylic oxidation sites excluding steroid dienone is 1. The highest BCUT2D eigenvalue weighted by Gasteiger charge is 1.89. The van der Waals surface area contributed by atoms with E-state index in [0.29, 0.717) is 0 Å². The molecule has 7 heavy (non-hydrogen) atoms. The molecule has 0 aromatic rings. The molecule has 1 rings (SSSR count). The monoisotopic (exact) mass is 116 g/mol. The molecule has 0 fully saturated rings. The van der Waals surface area contributed by atoms with Gasteiger partial charge in [-0.1, -0.05) is 0 Å². The van der Waals surface area contributed by atoms with Gasteiger partial charge in [-0.05, 0) is 18.9 Å². The largest absolute Gasteiger partial charge is 0.434 e. The maximum atomic E-state index is 4.93. The normalized spacial score (nSPS) is 20.6. The standard InChI is InChI=1S/C5H8OS/c1-2-4-6-7-5-3-1/h2,4H,1,3,5H2. The van der Waals surface area contributed by atoms with E-state index >= 15 is 0 Å². The van der Waals surface area contributed by atoms with E-state index in [4.69, 9.17) is 4.18 Å². The lowest BCUT2D eigenvalue weighted by atomic mass is 10.3. The highest BCUT2D eigenvalue weighted by molar-refractivity contribution is 7.94. The van der Waals surface area contributed by atoms with Crippen molar-refractivity contribution in [1.29, 1.82) is 0 Å². The van der Waals surface area contributed by atoms with Crippen molar-refractivity contribution >= 4 is 12.0 Å².